The Kier molecular flexibility index (Phi) is 3.31. The van der Waals surface area contributed by atoms with E-state index in [1.807, 2.05) is 24.4 Å². The van der Waals surface area contributed by atoms with Gasteiger partial charge in [0.15, 0.2) is 0 Å². The lowest BCUT2D eigenvalue weighted by Gasteiger charge is -2.19. The maximum absolute atomic E-state index is 6.23. The lowest BCUT2D eigenvalue weighted by atomic mass is 10.2. The van der Waals surface area contributed by atoms with E-state index in [4.69, 9.17) is 11.6 Å². The number of nitrogens with one attached hydrogen (secondary N) is 2. The van der Waals surface area contributed by atoms with Crippen LogP contribution < -0.4 is 10.2 Å². The van der Waals surface area contributed by atoms with Crippen LogP contribution in [0.1, 0.15) is 6.42 Å². The van der Waals surface area contributed by atoms with Crippen molar-refractivity contribution in [2.24, 2.45) is 0 Å². The number of fused-ring (bicyclic) bond motifs is 1. The van der Waals surface area contributed by atoms with Crippen molar-refractivity contribution in [3.05, 3.63) is 41.9 Å². The molecule has 1 unspecified atom stereocenters. The summed E-state index contributed by atoms with van der Waals surface area (Å²) in [5, 5.41) is 5.21. The normalized spacial score (nSPS) is 18.0. The molecule has 1 fully saturated rings. The molecule has 1 aliphatic heterocycles. The van der Waals surface area contributed by atoms with Crippen molar-refractivity contribution in [2.75, 3.05) is 23.3 Å². The Morgan fingerprint density at radius 1 is 1.27 bits per heavy atom. The third kappa shape index (κ3) is 2.35. The topological polar surface area (TPSA) is 69.7 Å². The van der Waals surface area contributed by atoms with Crippen molar-refractivity contribution in [3.8, 4) is 0 Å². The Morgan fingerprint density at radius 2 is 2.23 bits per heavy atom. The summed E-state index contributed by atoms with van der Waals surface area (Å²) >= 11 is 6.23. The largest absolute Gasteiger partial charge is 0.365 e. The molecule has 6 nitrogen and oxygen atoms in total. The minimum atomic E-state index is 0.311. The minimum Gasteiger partial charge on any atom is -0.365 e. The van der Waals surface area contributed by atoms with Gasteiger partial charge < -0.3 is 15.2 Å². The van der Waals surface area contributed by atoms with Gasteiger partial charge in [-0.3, -0.25) is 0 Å². The van der Waals surface area contributed by atoms with Crippen LogP contribution in [0.3, 0.4) is 0 Å². The second kappa shape index (κ2) is 5.46. The smallest absolute Gasteiger partial charge is 0.147 e. The minimum absolute atomic E-state index is 0.311. The van der Waals surface area contributed by atoms with Gasteiger partial charge in [0.05, 0.1) is 10.4 Å². The predicted octanol–water partition coefficient (Wildman–Crippen LogP) is 2.70. The summed E-state index contributed by atoms with van der Waals surface area (Å²) in [4.78, 5) is 18.2. The number of aromatic amines is 1. The molecule has 0 aromatic carbocycles. The Bertz CT molecular complexity index is 801. The Hall–Kier alpha value is -2.34. The van der Waals surface area contributed by atoms with Crippen molar-refractivity contribution in [3.63, 3.8) is 0 Å². The number of hydrogen-bond donors (Lipinski definition) is 2. The molecule has 0 spiro atoms. The van der Waals surface area contributed by atoms with Gasteiger partial charge in [0.1, 0.15) is 23.6 Å². The van der Waals surface area contributed by atoms with Gasteiger partial charge in [0, 0.05) is 31.5 Å². The van der Waals surface area contributed by atoms with Crippen LogP contribution >= 0.6 is 11.6 Å². The molecule has 1 saturated heterocycles. The third-order valence-corrected chi connectivity index (χ3v) is 4.22. The first-order valence-corrected chi connectivity index (χ1v) is 7.59. The molecule has 22 heavy (non-hydrogen) atoms. The quantitative estimate of drug-likeness (QED) is 0.778. The lowest BCUT2D eigenvalue weighted by Crippen LogP contribution is -2.27. The molecule has 3 aromatic heterocycles. The number of nitrogens with zero attached hydrogens (tertiary/aromatic N) is 4. The second-order valence-electron chi connectivity index (χ2n) is 5.35. The van der Waals surface area contributed by atoms with Crippen LogP contribution in [0.5, 0.6) is 0 Å². The van der Waals surface area contributed by atoms with E-state index >= 15 is 0 Å². The van der Waals surface area contributed by atoms with E-state index in [2.05, 4.69) is 30.2 Å². The molecule has 0 saturated carbocycles. The van der Waals surface area contributed by atoms with Crippen LogP contribution in [-0.4, -0.2) is 39.1 Å². The number of rotatable bonds is 3. The molecule has 7 heteroatoms. The molecule has 1 aliphatic rings. The number of anilines is 2. The summed E-state index contributed by atoms with van der Waals surface area (Å²) in [6.07, 6.45) is 6.24. The predicted molar refractivity (Wildman–Crippen MR) is 87.4 cm³/mol. The van der Waals surface area contributed by atoms with Gasteiger partial charge >= 0.3 is 0 Å². The standard InChI is InChI=1S/C15H15ClN6/c16-12-2-1-5-18-15(12)22-7-4-10(8-22)21-14-11-3-6-17-13(11)19-9-20-14/h1-3,5-6,9-10H,4,7-8H2,(H2,17,19,20,21). The Morgan fingerprint density at radius 3 is 3.14 bits per heavy atom. The second-order valence-corrected chi connectivity index (χ2v) is 5.75. The van der Waals surface area contributed by atoms with Crippen molar-refractivity contribution in [2.45, 2.75) is 12.5 Å². The van der Waals surface area contributed by atoms with Crippen LogP contribution in [-0.2, 0) is 0 Å². The summed E-state index contributed by atoms with van der Waals surface area (Å²) in [6.45, 7) is 1.78. The van der Waals surface area contributed by atoms with Gasteiger partial charge in [-0.15, -0.1) is 0 Å². The van der Waals surface area contributed by atoms with Gasteiger partial charge in [0.2, 0.25) is 0 Å². The first kappa shape index (κ1) is 13.3. The molecule has 4 heterocycles. The molecule has 0 bridgehead atoms. The number of halogens is 1. The summed E-state index contributed by atoms with van der Waals surface area (Å²) in [5.41, 5.74) is 0.847. The molecule has 0 aliphatic carbocycles. The molecule has 1 atom stereocenters. The molecule has 4 rings (SSSR count). The number of pyridine rings is 1. The van der Waals surface area contributed by atoms with Crippen LogP contribution in [0.15, 0.2) is 36.9 Å². The summed E-state index contributed by atoms with van der Waals surface area (Å²) in [7, 11) is 0. The average Bonchev–Trinajstić information content (AvgIpc) is 3.17. The monoisotopic (exact) mass is 314 g/mol. The summed E-state index contributed by atoms with van der Waals surface area (Å²) in [6, 6.07) is 6.02. The molecule has 2 N–H and O–H groups in total. The van der Waals surface area contributed by atoms with Crippen molar-refractivity contribution >= 4 is 34.3 Å². The van der Waals surface area contributed by atoms with E-state index in [9.17, 15) is 0 Å². The van der Waals surface area contributed by atoms with Crippen LogP contribution in [0.25, 0.3) is 11.0 Å². The molecular weight excluding hydrogens is 300 g/mol. The van der Waals surface area contributed by atoms with Gasteiger partial charge in [-0.25, -0.2) is 15.0 Å². The first-order valence-electron chi connectivity index (χ1n) is 7.21. The van der Waals surface area contributed by atoms with Gasteiger partial charge in [-0.1, -0.05) is 11.6 Å². The van der Waals surface area contributed by atoms with E-state index in [1.165, 1.54) is 0 Å². The molecule has 112 valence electrons. The molecule has 3 aromatic rings. The Labute approximate surface area is 132 Å². The van der Waals surface area contributed by atoms with Crippen molar-refractivity contribution in [1.82, 2.24) is 19.9 Å². The zero-order valence-electron chi connectivity index (χ0n) is 11.8. The fourth-order valence-corrected chi connectivity index (χ4v) is 3.10. The maximum atomic E-state index is 6.23. The van der Waals surface area contributed by atoms with E-state index in [1.54, 1.807) is 12.5 Å². The van der Waals surface area contributed by atoms with Gasteiger partial charge in [-0.2, -0.15) is 0 Å². The van der Waals surface area contributed by atoms with Crippen LogP contribution in [0.4, 0.5) is 11.6 Å². The fraction of sp³-hybridized carbons (Fsp3) is 0.267. The maximum Gasteiger partial charge on any atom is 0.147 e. The molecular formula is C15H15ClN6. The highest BCUT2D eigenvalue weighted by Gasteiger charge is 2.25. The molecule has 0 radical (unpaired) electrons. The van der Waals surface area contributed by atoms with Gasteiger partial charge in [-0.05, 0) is 24.6 Å². The number of hydrogen-bond acceptors (Lipinski definition) is 5. The summed E-state index contributed by atoms with van der Waals surface area (Å²) in [5.74, 6) is 1.72. The van der Waals surface area contributed by atoms with Crippen molar-refractivity contribution < 1.29 is 0 Å². The lowest BCUT2D eigenvalue weighted by molar-refractivity contribution is 0.801. The van der Waals surface area contributed by atoms with Crippen molar-refractivity contribution in [1.29, 1.82) is 0 Å². The molecule has 0 amide bonds. The number of aromatic nitrogens is 4. The first-order chi connectivity index (χ1) is 10.8. The highest BCUT2D eigenvalue weighted by molar-refractivity contribution is 6.32. The third-order valence-electron chi connectivity index (χ3n) is 3.92. The zero-order chi connectivity index (χ0) is 14.9. The van der Waals surface area contributed by atoms with E-state index in [0.717, 1.165) is 42.2 Å². The van der Waals surface area contributed by atoms with E-state index < -0.39 is 0 Å². The zero-order valence-corrected chi connectivity index (χ0v) is 12.6. The summed E-state index contributed by atoms with van der Waals surface area (Å²) < 4.78 is 0. The highest BCUT2D eigenvalue weighted by Crippen LogP contribution is 2.27. The Balaban J connectivity index is 1.52. The van der Waals surface area contributed by atoms with Crippen LogP contribution in [0.2, 0.25) is 5.02 Å². The van der Waals surface area contributed by atoms with Crippen LogP contribution in [0, 0.1) is 0 Å². The number of H-pyrrole nitrogens is 1. The highest BCUT2D eigenvalue weighted by atomic mass is 35.5. The van der Waals surface area contributed by atoms with Gasteiger partial charge in [0.25, 0.3) is 0 Å². The van der Waals surface area contributed by atoms with E-state index in [0.29, 0.717) is 11.1 Å². The van der Waals surface area contributed by atoms with E-state index in [-0.39, 0.29) is 0 Å². The average molecular weight is 315 g/mol. The fourth-order valence-electron chi connectivity index (χ4n) is 2.86. The SMILES string of the molecule is Clc1cccnc1N1CCC(Nc2ncnc3[nH]ccc23)C1.